The quantitative estimate of drug-likeness (QED) is 0.578. The molecule has 0 saturated heterocycles. The summed E-state index contributed by atoms with van der Waals surface area (Å²) in [5.41, 5.74) is 3.06. The summed E-state index contributed by atoms with van der Waals surface area (Å²) in [4.78, 5) is 23.4. The van der Waals surface area contributed by atoms with Gasteiger partial charge >= 0.3 is 5.97 Å². The Bertz CT molecular complexity index is 922. The van der Waals surface area contributed by atoms with Crippen LogP contribution in [0, 0.1) is 13.8 Å². The third kappa shape index (κ3) is 3.01. The van der Waals surface area contributed by atoms with Crippen LogP contribution in [0.25, 0.3) is 11.0 Å². The highest BCUT2D eigenvalue weighted by Gasteiger charge is 2.20. The molecule has 1 aromatic heterocycles. The molecule has 1 N–H and O–H groups in total. The van der Waals surface area contributed by atoms with Crippen LogP contribution in [0.1, 0.15) is 28.6 Å². The monoisotopic (exact) mass is 323 g/mol. The van der Waals surface area contributed by atoms with Gasteiger partial charge in [-0.05, 0) is 43.7 Å². The van der Waals surface area contributed by atoms with E-state index in [2.05, 4.69) is 5.32 Å². The molecule has 0 bridgehead atoms. The summed E-state index contributed by atoms with van der Waals surface area (Å²) in [6, 6.07) is 12.3. The third-order valence-electron chi connectivity index (χ3n) is 3.73. The first kappa shape index (κ1) is 15.8. The molecule has 2 aromatic carbocycles. The molecule has 0 aliphatic heterocycles. The van der Waals surface area contributed by atoms with Gasteiger partial charge in [-0.2, -0.15) is 0 Å². The third-order valence-corrected chi connectivity index (χ3v) is 3.73. The summed E-state index contributed by atoms with van der Waals surface area (Å²) >= 11 is 0. The highest BCUT2D eigenvalue weighted by Crippen LogP contribution is 2.28. The number of hydrogen-bond acceptors (Lipinski definition) is 4. The summed E-state index contributed by atoms with van der Waals surface area (Å²) in [5.74, 6) is -0.126. The van der Waals surface area contributed by atoms with E-state index in [1.807, 2.05) is 32.0 Å². The molecule has 5 nitrogen and oxygen atoms in total. The number of rotatable bonds is 3. The number of furan rings is 1. The van der Waals surface area contributed by atoms with Crippen LogP contribution in [0.3, 0.4) is 0 Å². The van der Waals surface area contributed by atoms with Gasteiger partial charge < -0.3 is 14.5 Å². The predicted molar refractivity (Wildman–Crippen MR) is 91.4 cm³/mol. The molecule has 0 saturated carbocycles. The van der Waals surface area contributed by atoms with Crippen molar-refractivity contribution in [2.45, 2.75) is 20.8 Å². The first-order valence-corrected chi connectivity index (χ1v) is 7.54. The molecule has 24 heavy (non-hydrogen) atoms. The lowest BCUT2D eigenvalue weighted by atomic mass is 10.1. The molecule has 0 fully saturated rings. The zero-order valence-electron chi connectivity index (χ0n) is 13.7. The van der Waals surface area contributed by atoms with Crippen molar-refractivity contribution in [3.8, 4) is 5.75 Å². The minimum Gasteiger partial charge on any atom is -0.448 e. The normalized spacial score (nSPS) is 10.6. The molecule has 122 valence electrons. The van der Waals surface area contributed by atoms with E-state index in [9.17, 15) is 9.59 Å². The Kier molecular flexibility index (Phi) is 4.08. The first-order chi connectivity index (χ1) is 11.5. The number of carbonyl (C=O) groups is 2. The number of para-hydroxylation sites is 1. The van der Waals surface area contributed by atoms with Gasteiger partial charge in [0.25, 0.3) is 0 Å². The second-order valence-electron chi connectivity index (χ2n) is 5.60. The number of aryl methyl sites for hydroxylation is 2. The zero-order chi connectivity index (χ0) is 17.3. The van der Waals surface area contributed by atoms with Gasteiger partial charge in [0.1, 0.15) is 11.3 Å². The van der Waals surface area contributed by atoms with Gasteiger partial charge in [-0.3, -0.25) is 4.79 Å². The van der Waals surface area contributed by atoms with E-state index in [0.29, 0.717) is 17.0 Å². The highest BCUT2D eigenvalue weighted by molar-refractivity contribution is 5.97. The Labute approximate surface area is 139 Å². The van der Waals surface area contributed by atoms with Crippen molar-refractivity contribution in [2.75, 3.05) is 5.32 Å². The fourth-order valence-corrected chi connectivity index (χ4v) is 2.54. The molecule has 0 unspecified atom stereocenters. The topological polar surface area (TPSA) is 68.5 Å². The van der Waals surface area contributed by atoms with Crippen LogP contribution in [-0.4, -0.2) is 11.9 Å². The van der Waals surface area contributed by atoms with Crippen molar-refractivity contribution in [1.29, 1.82) is 0 Å². The standard InChI is InChI=1S/C19H17NO4/c1-11-5-4-6-16-12(2)18(24-17(11)16)19(22)23-15-9-7-14(8-10-15)20-13(3)21/h4-10H,1-3H3,(H,20,21). The molecule has 0 aliphatic carbocycles. The van der Waals surface area contributed by atoms with Gasteiger partial charge in [-0.25, -0.2) is 4.79 Å². The van der Waals surface area contributed by atoms with Gasteiger partial charge in [0, 0.05) is 23.6 Å². The van der Waals surface area contributed by atoms with Crippen LogP contribution >= 0.6 is 0 Å². The molecule has 1 amide bonds. The lowest BCUT2D eigenvalue weighted by Crippen LogP contribution is -2.09. The van der Waals surface area contributed by atoms with E-state index in [1.165, 1.54) is 6.92 Å². The number of nitrogens with one attached hydrogen (secondary N) is 1. The molecule has 0 atom stereocenters. The molecule has 3 rings (SSSR count). The summed E-state index contributed by atoms with van der Waals surface area (Å²) in [5, 5.41) is 3.56. The van der Waals surface area contributed by atoms with Crippen LogP contribution in [0.5, 0.6) is 5.75 Å². The fourth-order valence-electron chi connectivity index (χ4n) is 2.54. The van der Waals surface area contributed by atoms with E-state index < -0.39 is 5.97 Å². The maximum Gasteiger partial charge on any atom is 0.379 e. The maximum atomic E-state index is 12.4. The molecule has 5 heteroatoms. The number of benzene rings is 2. The molecule has 1 heterocycles. The predicted octanol–water partition coefficient (Wildman–Crippen LogP) is 4.23. The Morgan fingerprint density at radius 2 is 1.75 bits per heavy atom. The second kappa shape index (κ2) is 6.20. The minimum absolute atomic E-state index is 0.159. The van der Waals surface area contributed by atoms with Crippen molar-refractivity contribution in [2.24, 2.45) is 0 Å². The van der Waals surface area contributed by atoms with Crippen molar-refractivity contribution in [3.05, 3.63) is 59.4 Å². The Morgan fingerprint density at radius 3 is 2.38 bits per heavy atom. The van der Waals surface area contributed by atoms with Crippen molar-refractivity contribution in [3.63, 3.8) is 0 Å². The summed E-state index contributed by atoms with van der Waals surface area (Å²) in [7, 11) is 0. The van der Waals surface area contributed by atoms with E-state index in [0.717, 1.165) is 16.5 Å². The van der Waals surface area contributed by atoms with Crippen LogP contribution in [0.15, 0.2) is 46.9 Å². The van der Waals surface area contributed by atoms with Crippen LogP contribution < -0.4 is 10.1 Å². The fraction of sp³-hybridized carbons (Fsp3) is 0.158. The van der Waals surface area contributed by atoms with Crippen molar-refractivity contribution >= 4 is 28.5 Å². The van der Waals surface area contributed by atoms with Gasteiger partial charge in [0.15, 0.2) is 0 Å². The Hall–Kier alpha value is -3.08. The number of esters is 1. The largest absolute Gasteiger partial charge is 0.448 e. The van der Waals surface area contributed by atoms with Crippen LogP contribution in [0.4, 0.5) is 5.69 Å². The highest BCUT2D eigenvalue weighted by atomic mass is 16.5. The Balaban J connectivity index is 1.84. The maximum absolute atomic E-state index is 12.4. The molecular weight excluding hydrogens is 306 g/mol. The van der Waals surface area contributed by atoms with Crippen LogP contribution in [0.2, 0.25) is 0 Å². The molecule has 0 radical (unpaired) electrons. The summed E-state index contributed by atoms with van der Waals surface area (Å²) < 4.78 is 11.1. The van der Waals surface area contributed by atoms with Gasteiger partial charge in [0.05, 0.1) is 0 Å². The smallest absolute Gasteiger partial charge is 0.379 e. The molecule has 0 aliphatic rings. The summed E-state index contributed by atoms with van der Waals surface area (Å²) in [6.45, 7) is 5.20. The molecular formula is C19H17NO4. The lowest BCUT2D eigenvalue weighted by Gasteiger charge is -2.05. The Morgan fingerprint density at radius 1 is 1.04 bits per heavy atom. The molecule has 3 aromatic rings. The number of anilines is 1. The van der Waals surface area contributed by atoms with E-state index in [4.69, 9.17) is 9.15 Å². The van der Waals surface area contributed by atoms with E-state index in [-0.39, 0.29) is 11.7 Å². The molecule has 0 spiro atoms. The number of amides is 1. The zero-order valence-corrected chi connectivity index (χ0v) is 13.7. The van der Waals surface area contributed by atoms with E-state index in [1.54, 1.807) is 24.3 Å². The second-order valence-corrected chi connectivity index (χ2v) is 5.60. The number of fused-ring (bicyclic) bond motifs is 1. The average molecular weight is 323 g/mol. The average Bonchev–Trinajstić information content (AvgIpc) is 2.88. The number of ether oxygens (including phenoxy) is 1. The van der Waals surface area contributed by atoms with Gasteiger partial charge in [-0.1, -0.05) is 18.2 Å². The van der Waals surface area contributed by atoms with Gasteiger partial charge in [-0.15, -0.1) is 0 Å². The van der Waals surface area contributed by atoms with E-state index >= 15 is 0 Å². The minimum atomic E-state index is -0.546. The first-order valence-electron chi connectivity index (χ1n) is 7.54. The van der Waals surface area contributed by atoms with Crippen molar-refractivity contribution in [1.82, 2.24) is 0 Å². The number of hydrogen-bond donors (Lipinski definition) is 1. The van der Waals surface area contributed by atoms with Crippen LogP contribution in [-0.2, 0) is 4.79 Å². The number of carbonyl (C=O) groups excluding carboxylic acids is 2. The lowest BCUT2D eigenvalue weighted by molar-refractivity contribution is -0.114. The van der Waals surface area contributed by atoms with Gasteiger partial charge in [0.2, 0.25) is 11.7 Å². The SMILES string of the molecule is CC(=O)Nc1ccc(OC(=O)c2oc3c(C)cccc3c2C)cc1. The van der Waals surface area contributed by atoms with Crippen molar-refractivity contribution < 1.29 is 18.7 Å². The summed E-state index contributed by atoms with van der Waals surface area (Å²) in [6.07, 6.45) is 0.